The number of rotatable bonds is 6. The molecule has 0 radical (unpaired) electrons. The first-order valence-electron chi connectivity index (χ1n) is 11.8. The molecule has 5 aromatic rings. The van der Waals surface area contributed by atoms with E-state index in [1.807, 2.05) is 12.1 Å². The van der Waals surface area contributed by atoms with Crippen molar-refractivity contribution in [1.29, 1.82) is 0 Å². The fourth-order valence-corrected chi connectivity index (χ4v) is 4.73. The predicted molar refractivity (Wildman–Crippen MR) is 132 cm³/mol. The van der Waals surface area contributed by atoms with Gasteiger partial charge in [0.25, 0.3) is 0 Å². The second-order valence-electron chi connectivity index (χ2n) is 8.80. The summed E-state index contributed by atoms with van der Waals surface area (Å²) in [6.45, 7) is 0.347. The molecule has 0 saturated heterocycles. The van der Waals surface area contributed by atoms with Gasteiger partial charge in [-0.25, -0.2) is 23.5 Å². The quantitative estimate of drug-likeness (QED) is 0.353. The average molecular weight is 514 g/mol. The van der Waals surface area contributed by atoms with E-state index in [0.717, 1.165) is 11.8 Å². The van der Waals surface area contributed by atoms with Crippen molar-refractivity contribution in [2.45, 2.75) is 19.0 Å². The van der Waals surface area contributed by atoms with Gasteiger partial charge in [0, 0.05) is 18.2 Å². The molecule has 11 heteroatoms. The monoisotopic (exact) mass is 514 g/mol. The Hall–Kier alpha value is -4.93. The molecule has 1 N–H and O–H groups in total. The summed E-state index contributed by atoms with van der Waals surface area (Å²) >= 11 is 0. The maximum absolute atomic E-state index is 15.1. The first-order valence-corrected chi connectivity index (χ1v) is 11.8. The zero-order chi connectivity index (χ0) is 26.2. The largest absolute Gasteiger partial charge is 0.479 e. The summed E-state index contributed by atoms with van der Waals surface area (Å²) in [5, 5.41) is 18.6. The minimum absolute atomic E-state index is 0.0847. The minimum Gasteiger partial charge on any atom is -0.479 e. The molecule has 0 fully saturated rings. The van der Waals surface area contributed by atoms with Crippen LogP contribution in [0, 0.1) is 11.6 Å². The van der Waals surface area contributed by atoms with Crippen molar-refractivity contribution in [3.05, 3.63) is 101 Å². The highest BCUT2D eigenvalue weighted by molar-refractivity contribution is 5.81. The van der Waals surface area contributed by atoms with Crippen LogP contribution in [0.2, 0.25) is 0 Å². The van der Waals surface area contributed by atoms with E-state index in [1.54, 1.807) is 42.5 Å². The van der Waals surface area contributed by atoms with Gasteiger partial charge < -0.3 is 14.5 Å². The molecular formula is C27H20F2N6O3. The number of aliphatic carboxylic acids is 1. The van der Waals surface area contributed by atoms with Crippen LogP contribution in [-0.2, 0) is 17.8 Å². The van der Waals surface area contributed by atoms with Crippen molar-refractivity contribution in [2.24, 2.45) is 0 Å². The number of anilines is 1. The topological polar surface area (TPSA) is 110 Å². The molecule has 6 rings (SSSR count). The number of hydrogen-bond donors (Lipinski definition) is 1. The molecule has 0 unspecified atom stereocenters. The third-order valence-electron chi connectivity index (χ3n) is 6.50. The second-order valence-corrected chi connectivity index (χ2v) is 8.80. The Morgan fingerprint density at radius 3 is 2.66 bits per heavy atom. The molecular weight excluding hydrogens is 494 g/mol. The van der Waals surface area contributed by atoms with Gasteiger partial charge >= 0.3 is 5.97 Å². The maximum Gasteiger partial charge on any atom is 0.331 e. The first kappa shape index (κ1) is 23.5. The van der Waals surface area contributed by atoms with Crippen molar-refractivity contribution in [3.8, 4) is 22.9 Å². The van der Waals surface area contributed by atoms with E-state index in [-0.39, 0.29) is 36.2 Å². The van der Waals surface area contributed by atoms with E-state index >= 15 is 4.39 Å². The van der Waals surface area contributed by atoms with E-state index in [9.17, 15) is 14.3 Å². The molecule has 38 heavy (non-hydrogen) atoms. The Balaban J connectivity index is 1.42. The number of halogens is 2. The van der Waals surface area contributed by atoms with Gasteiger partial charge in [-0.2, -0.15) is 5.10 Å². The number of carboxylic acid groups (broad SMARTS) is 1. The van der Waals surface area contributed by atoms with Crippen molar-refractivity contribution in [1.82, 2.24) is 24.9 Å². The molecule has 1 atom stereocenters. The fraction of sp³-hybridized carbons (Fsp3) is 0.148. The summed E-state index contributed by atoms with van der Waals surface area (Å²) in [7, 11) is 0. The Bertz CT molecular complexity index is 1640. The van der Waals surface area contributed by atoms with Crippen LogP contribution in [0.3, 0.4) is 0 Å². The standard InChI is InChI=1S/C27H20F2N6O3/c28-19-8-4-2-6-17(19)15-35-23(21-10-12-38-33-21)13-22(32-35)25-30-14-20(29)26(31-25)34-11-9-16-5-1-3-7-18(16)24(34)27(36)37/h1-8,10,12-14,24H,9,11,15H2,(H,36,37)/t24-/m1/s1. The average Bonchev–Trinajstić information content (AvgIpc) is 3.60. The number of aromatic nitrogens is 5. The summed E-state index contributed by atoms with van der Waals surface area (Å²) in [6.07, 6.45) is 2.94. The lowest BCUT2D eigenvalue weighted by atomic mass is 9.92. The Morgan fingerprint density at radius 2 is 1.87 bits per heavy atom. The molecule has 190 valence electrons. The van der Waals surface area contributed by atoms with Gasteiger partial charge in [0.2, 0.25) is 0 Å². The van der Waals surface area contributed by atoms with Crippen LogP contribution in [0.1, 0.15) is 22.7 Å². The normalized spacial score (nSPS) is 14.9. The molecule has 1 aliphatic rings. The zero-order valence-corrected chi connectivity index (χ0v) is 19.8. The summed E-state index contributed by atoms with van der Waals surface area (Å²) in [5.74, 6) is -2.30. The van der Waals surface area contributed by atoms with Gasteiger partial charge in [0.1, 0.15) is 23.5 Å². The number of carbonyl (C=O) groups is 1. The predicted octanol–water partition coefficient (Wildman–Crippen LogP) is 4.51. The minimum atomic E-state index is -1.11. The lowest BCUT2D eigenvalue weighted by molar-refractivity contribution is -0.138. The number of carboxylic acids is 1. The summed E-state index contributed by atoms with van der Waals surface area (Å²) in [4.78, 5) is 22.2. The number of fused-ring (bicyclic) bond motifs is 1. The van der Waals surface area contributed by atoms with E-state index < -0.39 is 17.8 Å². The molecule has 4 heterocycles. The summed E-state index contributed by atoms with van der Waals surface area (Å²) in [6, 6.07) is 15.7. The van der Waals surface area contributed by atoms with E-state index in [0.29, 0.717) is 28.9 Å². The van der Waals surface area contributed by atoms with Crippen LogP contribution in [0.4, 0.5) is 14.6 Å². The van der Waals surface area contributed by atoms with Crippen molar-refractivity contribution in [2.75, 3.05) is 11.4 Å². The molecule has 0 amide bonds. The van der Waals surface area contributed by atoms with Crippen molar-refractivity contribution in [3.63, 3.8) is 0 Å². The molecule has 0 bridgehead atoms. The third-order valence-corrected chi connectivity index (χ3v) is 6.50. The van der Waals surface area contributed by atoms with Crippen molar-refractivity contribution >= 4 is 11.8 Å². The van der Waals surface area contributed by atoms with Gasteiger partial charge in [-0.05, 0) is 29.7 Å². The van der Waals surface area contributed by atoms with Gasteiger partial charge in [0.05, 0.1) is 18.4 Å². The van der Waals surface area contributed by atoms with Crippen LogP contribution in [0.15, 0.2) is 77.6 Å². The third kappa shape index (κ3) is 4.17. The number of nitrogens with zero attached hydrogens (tertiary/aromatic N) is 6. The van der Waals surface area contributed by atoms with Crippen LogP contribution in [-0.4, -0.2) is 42.5 Å². The lowest BCUT2D eigenvalue weighted by Gasteiger charge is -2.35. The fourth-order valence-electron chi connectivity index (χ4n) is 4.73. The molecule has 0 saturated carbocycles. The van der Waals surface area contributed by atoms with E-state index in [1.165, 1.54) is 21.9 Å². The van der Waals surface area contributed by atoms with Crippen LogP contribution in [0.5, 0.6) is 0 Å². The lowest BCUT2D eigenvalue weighted by Crippen LogP contribution is -2.40. The Morgan fingerprint density at radius 1 is 1.05 bits per heavy atom. The van der Waals surface area contributed by atoms with Crippen LogP contribution < -0.4 is 4.90 Å². The van der Waals surface area contributed by atoms with Crippen LogP contribution >= 0.6 is 0 Å². The molecule has 1 aliphatic heterocycles. The van der Waals surface area contributed by atoms with E-state index in [4.69, 9.17) is 4.52 Å². The molecule has 9 nitrogen and oxygen atoms in total. The first-order chi connectivity index (χ1) is 18.5. The highest BCUT2D eigenvalue weighted by Gasteiger charge is 2.35. The van der Waals surface area contributed by atoms with Gasteiger partial charge in [-0.15, -0.1) is 0 Å². The molecule has 0 aliphatic carbocycles. The molecule has 3 aromatic heterocycles. The van der Waals surface area contributed by atoms with Crippen molar-refractivity contribution < 1.29 is 23.2 Å². The Kier molecular flexibility index (Phi) is 5.87. The zero-order valence-electron chi connectivity index (χ0n) is 19.8. The molecule has 0 spiro atoms. The van der Waals surface area contributed by atoms with Gasteiger partial charge in [-0.3, -0.25) is 4.68 Å². The second kappa shape index (κ2) is 9.51. The highest BCUT2D eigenvalue weighted by atomic mass is 19.1. The maximum atomic E-state index is 15.1. The highest BCUT2D eigenvalue weighted by Crippen LogP contribution is 2.35. The smallest absolute Gasteiger partial charge is 0.331 e. The number of hydrogen-bond acceptors (Lipinski definition) is 7. The van der Waals surface area contributed by atoms with Gasteiger partial charge in [-0.1, -0.05) is 47.6 Å². The summed E-state index contributed by atoms with van der Waals surface area (Å²) in [5.41, 5.74) is 3.15. The van der Waals surface area contributed by atoms with E-state index in [2.05, 4.69) is 20.2 Å². The van der Waals surface area contributed by atoms with Gasteiger partial charge in [0.15, 0.2) is 23.5 Å². The SMILES string of the molecule is O=C(O)[C@H]1c2ccccc2CCN1c1nc(-c2cc(-c3ccon3)n(Cc3ccccc3F)n2)ncc1F. The Labute approximate surface area is 215 Å². The summed E-state index contributed by atoms with van der Waals surface area (Å²) < 4.78 is 36.0. The van der Waals surface area contributed by atoms with Crippen LogP contribution in [0.25, 0.3) is 22.9 Å². The molecule has 2 aromatic carbocycles. The number of benzene rings is 2.